The van der Waals surface area contributed by atoms with Crippen molar-refractivity contribution in [1.82, 2.24) is 14.5 Å². The summed E-state index contributed by atoms with van der Waals surface area (Å²) in [7, 11) is 0. The van der Waals surface area contributed by atoms with Gasteiger partial charge in [-0.05, 0) is 55.9 Å². The Morgan fingerprint density at radius 1 is 1.27 bits per heavy atom. The van der Waals surface area contributed by atoms with Crippen LogP contribution in [0, 0.1) is 0 Å². The average Bonchev–Trinajstić information content (AvgIpc) is 3.22. The van der Waals surface area contributed by atoms with E-state index in [0.29, 0.717) is 23.4 Å². The predicted octanol–water partition coefficient (Wildman–Crippen LogP) is 4.03. The highest BCUT2D eigenvalue weighted by molar-refractivity contribution is 6.30. The van der Waals surface area contributed by atoms with Crippen LogP contribution in [-0.2, 0) is 5.54 Å². The van der Waals surface area contributed by atoms with Gasteiger partial charge in [0.25, 0.3) is 0 Å². The van der Waals surface area contributed by atoms with E-state index in [0.717, 1.165) is 36.3 Å². The number of rotatable bonds is 6. The lowest BCUT2D eigenvalue weighted by Crippen LogP contribution is -2.20. The Morgan fingerprint density at radius 3 is 2.87 bits per heavy atom. The molecule has 7 heteroatoms. The number of hydrogen-bond acceptors (Lipinski definition) is 5. The van der Waals surface area contributed by atoms with Crippen molar-refractivity contribution in [3.8, 4) is 0 Å². The van der Waals surface area contributed by atoms with E-state index < -0.39 is 0 Å². The standard InChI is InChI=1S/C23H23ClN4O2/c24-17-3-1-2-16(10-17)23(7-8-23)28-9-6-15(13-28)21(30)20-12-25-14-26-22(20)27-18-4-5-19(29)11-18/h1-3,6,9-10,12-14,18-19,29H,4-5,7-8,11H2,(H,25,26,27)/t18-,19+/m1/s1. The molecule has 0 bridgehead atoms. The largest absolute Gasteiger partial charge is 0.393 e. The van der Waals surface area contributed by atoms with E-state index in [2.05, 4.69) is 25.9 Å². The van der Waals surface area contributed by atoms with Gasteiger partial charge in [-0.1, -0.05) is 23.7 Å². The van der Waals surface area contributed by atoms with Gasteiger partial charge in [-0.25, -0.2) is 9.97 Å². The van der Waals surface area contributed by atoms with Crippen molar-refractivity contribution in [3.63, 3.8) is 0 Å². The Labute approximate surface area is 179 Å². The molecule has 2 aliphatic carbocycles. The second kappa shape index (κ2) is 7.52. The van der Waals surface area contributed by atoms with E-state index in [1.54, 1.807) is 6.20 Å². The van der Waals surface area contributed by atoms with Gasteiger partial charge in [0.2, 0.25) is 0 Å². The van der Waals surface area contributed by atoms with Crippen molar-refractivity contribution in [2.75, 3.05) is 5.32 Å². The predicted molar refractivity (Wildman–Crippen MR) is 115 cm³/mol. The minimum Gasteiger partial charge on any atom is -0.393 e. The SMILES string of the molecule is O=C(c1ccn(C2(c3cccc(Cl)c3)CC2)c1)c1cncnc1N[C@@H]1CC[C@H](O)C1. The Bertz CT molecular complexity index is 1090. The molecule has 0 saturated heterocycles. The van der Waals surface area contributed by atoms with Gasteiger partial charge in [0.1, 0.15) is 12.1 Å². The van der Waals surface area contributed by atoms with Crippen LogP contribution >= 0.6 is 11.6 Å². The lowest BCUT2D eigenvalue weighted by atomic mass is 10.0. The van der Waals surface area contributed by atoms with E-state index in [9.17, 15) is 9.90 Å². The minimum absolute atomic E-state index is 0.114. The van der Waals surface area contributed by atoms with E-state index in [-0.39, 0.29) is 23.5 Å². The van der Waals surface area contributed by atoms with Crippen LogP contribution in [0.2, 0.25) is 5.02 Å². The molecule has 1 aromatic carbocycles. The number of benzene rings is 1. The molecule has 6 nitrogen and oxygen atoms in total. The number of carbonyl (C=O) groups excluding carboxylic acids is 1. The summed E-state index contributed by atoms with van der Waals surface area (Å²) in [6.07, 6.45) is 10.9. The maximum Gasteiger partial charge on any atom is 0.199 e. The molecule has 0 amide bonds. The molecule has 0 radical (unpaired) electrons. The van der Waals surface area contributed by atoms with Gasteiger partial charge >= 0.3 is 0 Å². The van der Waals surface area contributed by atoms with E-state index in [4.69, 9.17) is 11.6 Å². The topological polar surface area (TPSA) is 80.0 Å². The first-order valence-electron chi connectivity index (χ1n) is 10.3. The van der Waals surface area contributed by atoms with Crippen LogP contribution in [0.3, 0.4) is 0 Å². The van der Waals surface area contributed by atoms with Gasteiger partial charge in [0, 0.05) is 35.2 Å². The second-order valence-corrected chi connectivity index (χ2v) is 8.71. The summed E-state index contributed by atoms with van der Waals surface area (Å²) >= 11 is 6.20. The van der Waals surface area contributed by atoms with E-state index in [1.807, 2.05) is 36.7 Å². The highest BCUT2D eigenvalue weighted by Gasteiger charge is 2.46. The van der Waals surface area contributed by atoms with Crippen LogP contribution in [0.25, 0.3) is 0 Å². The lowest BCUT2D eigenvalue weighted by molar-refractivity contribution is 0.103. The summed E-state index contributed by atoms with van der Waals surface area (Å²) in [6.45, 7) is 0. The quantitative estimate of drug-likeness (QED) is 0.586. The molecule has 0 spiro atoms. The third-order valence-electron chi connectivity index (χ3n) is 6.24. The maximum atomic E-state index is 13.3. The van der Waals surface area contributed by atoms with Crippen molar-refractivity contribution in [2.24, 2.45) is 0 Å². The van der Waals surface area contributed by atoms with Crippen LogP contribution in [0.5, 0.6) is 0 Å². The molecular formula is C23H23ClN4O2. The van der Waals surface area contributed by atoms with Gasteiger partial charge in [-0.2, -0.15) is 0 Å². The van der Waals surface area contributed by atoms with Crippen molar-refractivity contribution >= 4 is 23.2 Å². The molecule has 2 fully saturated rings. The molecule has 5 rings (SSSR count). The first kappa shape index (κ1) is 19.3. The fourth-order valence-electron chi connectivity index (χ4n) is 4.44. The van der Waals surface area contributed by atoms with Crippen LogP contribution < -0.4 is 5.32 Å². The summed E-state index contributed by atoms with van der Waals surface area (Å²) in [5, 5.41) is 13.8. The van der Waals surface area contributed by atoms with Gasteiger partial charge in [-0.15, -0.1) is 0 Å². The number of anilines is 1. The van der Waals surface area contributed by atoms with Crippen LogP contribution in [0.1, 0.15) is 53.6 Å². The monoisotopic (exact) mass is 422 g/mol. The third kappa shape index (κ3) is 3.50. The molecule has 2 saturated carbocycles. The number of halogens is 1. The molecule has 2 aliphatic rings. The first-order valence-corrected chi connectivity index (χ1v) is 10.7. The van der Waals surface area contributed by atoms with Gasteiger partial charge in [0.05, 0.1) is 17.2 Å². The summed E-state index contributed by atoms with van der Waals surface area (Å²) in [5.74, 6) is 0.412. The normalized spacial score (nSPS) is 22.1. The Kier molecular flexibility index (Phi) is 4.83. The number of nitrogens with zero attached hydrogens (tertiary/aromatic N) is 3. The van der Waals surface area contributed by atoms with Crippen LogP contribution in [-0.4, -0.2) is 37.6 Å². The number of ketones is 1. The number of hydrogen-bond donors (Lipinski definition) is 2. The fraction of sp³-hybridized carbons (Fsp3) is 0.348. The summed E-state index contributed by atoms with van der Waals surface area (Å²) in [6, 6.07) is 9.89. The minimum atomic E-state index is -0.293. The van der Waals surface area contributed by atoms with Gasteiger partial charge in [-0.3, -0.25) is 4.79 Å². The number of nitrogens with one attached hydrogen (secondary N) is 1. The van der Waals surface area contributed by atoms with Crippen molar-refractivity contribution < 1.29 is 9.90 Å². The van der Waals surface area contributed by atoms with Crippen molar-refractivity contribution in [1.29, 1.82) is 0 Å². The smallest absolute Gasteiger partial charge is 0.199 e. The molecule has 0 aliphatic heterocycles. The summed E-state index contributed by atoms with van der Waals surface area (Å²) in [5.41, 5.74) is 2.09. The third-order valence-corrected chi connectivity index (χ3v) is 6.47. The van der Waals surface area contributed by atoms with E-state index in [1.165, 1.54) is 6.33 Å². The zero-order chi connectivity index (χ0) is 20.7. The maximum absolute atomic E-state index is 13.3. The molecule has 2 heterocycles. The van der Waals surface area contributed by atoms with Gasteiger partial charge < -0.3 is 15.0 Å². The summed E-state index contributed by atoms with van der Waals surface area (Å²) < 4.78 is 2.12. The number of aliphatic hydroxyl groups excluding tert-OH is 1. The van der Waals surface area contributed by atoms with E-state index >= 15 is 0 Å². The molecule has 2 aromatic heterocycles. The number of aromatic nitrogens is 3. The Hall–Kier alpha value is -2.70. The number of aliphatic hydroxyl groups is 1. The zero-order valence-electron chi connectivity index (χ0n) is 16.5. The molecule has 154 valence electrons. The van der Waals surface area contributed by atoms with Crippen LogP contribution in [0.4, 0.5) is 5.82 Å². The molecule has 2 N–H and O–H groups in total. The summed E-state index contributed by atoms with van der Waals surface area (Å²) in [4.78, 5) is 21.6. The number of carbonyl (C=O) groups is 1. The average molecular weight is 423 g/mol. The molecule has 3 aromatic rings. The molecule has 2 atom stereocenters. The lowest BCUT2D eigenvalue weighted by Gasteiger charge is -2.18. The van der Waals surface area contributed by atoms with Crippen LogP contribution in [0.15, 0.2) is 55.2 Å². The highest BCUT2D eigenvalue weighted by Crippen LogP contribution is 2.50. The Balaban J connectivity index is 1.40. The fourth-order valence-corrected chi connectivity index (χ4v) is 4.63. The first-order chi connectivity index (χ1) is 14.5. The van der Waals surface area contributed by atoms with Crippen molar-refractivity contribution in [3.05, 3.63) is 77.0 Å². The van der Waals surface area contributed by atoms with Gasteiger partial charge in [0.15, 0.2) is 5.78 Å². The van der Waals surface area contributed by atoms with Crippen molar-refractivity contribution in [2.45, 2.75) is 49.8 Å². The Morgan fingerprint density at radius 2 is 2.13 bits per heavy atom. The highest BCUT2D eigenvalue weighted by atomic mass is 35.5. The molecule has 0 unspecified atom stereocenters. The zero-order valence-corrected chi connectivity index (χ0v) is 17.2. The molecule has 30 heavy (non-hydrogen) atoms. The molecular weight excluding hydrogens is 400 g/mol. The second-order valence-electron chi connectivity index (χ2n) is 8.27.